The second-order valence-electron chi connectivity index (χ2n) is 4.39. The van der Waals surface area contributed by atoms with Gasteiger partial charge in [0, 0.05) is 5.56 Å². The lowest BCUT2D eigenvalue weighted by Crippen LogP contribution is -2.10. The van der Waals surface area contributed by atoms with Gasteiger partial charge in [-0.25, -0.2) is 14.2 Å². The fourth-order valence-electron chi connectivity index (χ4n) is 1.89. The zero-order valence-electron chi connectivity index (χ0n) is 12.6. The van der Waals surface area contributed by atoms with Crippen LogP contribution in [-0.2, 0) is 4.74 Å². The number of nitrogens with two attached hydrogens (primary N) is 1. The van der Waals surface area contributed by atoms with E-state index in [-0.39, 0.29) is 39.2 Å². The van der Waals surface area contributed by atoms with Gasteiger partial charge in [0.1, 0.15) is 11.1 Å². The Labute approximate surface area is 141 Å². The van der Waals surface area contributed by atoms with Gasteiger partial charge >= 0.3 is 6.16 Å². The number of hydrogen-bond acceptors (Lipinski definition) is 7. The number of ether oxygens (including phenoxy) is 3. The van der Waals surface area contributed by atoms with Crippen molar-refractivity contribution in [3.63, 3.8) is 0 Å². The number of nitrogen functional groups attached to an aromatic ring is 1. The molecule has 0 spiro atoms. The molecule has 0 saturated carbocycles. The summed E-state index contributed by atoms with van der Waals surface area (Å²) in [5.41, 5.74) is 5.81. The zero-order chi connectivity index (χ0) is 17.9. The maximum absolute atomic E-state index is 14.6. The lowest BCUT2D eigenvalue weighted by molar-refractivity contribution is 0.120. The van der Waals surface area contributed by atoms with Crippen molar-refractivity contribution in [1.82, 2.24) is 4.98 Å². The largest absolute Gasteiger partial charge is 0.514 e. The molecule has 9 heteroatoms. The van der Waals surface area contributed by atoms with Crippen molar-refractivity contribution >= 4 is 23.4 Å². The number of methoxy groups -OCH3 is 2. The average molecular weight is 352 g/mol. The predicted octanol–water partition coefficient (Wildman–Crippen LogP) is 3.15. The van der Waals surface area contributed by atoms with Crippen LogP contribution in [-0.4, -0.2) is 25.4 Å². The summed E-state index contributed by atoms with van der Waals surface area (Å²) in [5.74, 6) is -1.38. The van der Waals surface area contributed by atoms with Gasteiger partial charge in [0.25, 0.3) is 0 Å². The predicted molar refractivity (Wildman–Crippen MR) is 83.4 cm³/mol. The summed E-state index contributed by atoms with van der Waals surface area (Å²) < 4.78 is 28.6. The highest BCUT2D eigenvalue weighted by Gasteiger charge is 2.20. The highest BCUT2D eigenvalue weighted by Crippen LogP contribution is 2.36. The van der Waals surface area contributed by atoms with E-state index < -0.39 is 12.0 Å². The molecule has 0 amide bonds. The SMILES string of the molecule is COC(=O)Oc1nc(-c2ccc(C#N)c(OC)c2F)cc(N)c1Cl. The molecule has 0 aliphatic heterocycles. The molecule has 0 fully saturated rings. The third-order valence-electron chi connectivity index (χ3n) is 3.00. The number of rotatable bonds is 3. The maximum Gasteiger partial charge on any atom is 0.514 e. The van der Waals surface area contributed by atoms with Crippen molar-refractivity contribution in [3.8, 4) is 29.0 Å². The molecular formula is C15H11ClFN3O4. The fraction of sp³-hybridized carbons (Fsp3) is 0.133. The van der Waals surface area contributed by atoms with Gasteiger partial charge in [-0.2, -0.15) is 5.26 Å². The molecule has 0 bridgehead atoms. The summed E-state index contributed by atoms with van der Waals surface area (Å²) in [6, 6.07) is 5.81. The lowest BCUT2D eigenvalue weighted by Gasteiger charge is -2.12. The zero-order valence-corrected chi connectivity index (χ0v) is 13.3. The average Bonchev–Trinajstić information content (AvgIpc) is 2.58. The molecular weight excluding hydrogens is 341 g/mol. The van der Waals surface area contributed by atoms with E-state index in [0.717, 1.165) is 7.11 Å². The summed E-state index contributed by atoms with van der Waals surface area (Å²) >= 11 is 5.92. The topological polar surface area (TPSA) is 107 Å². The summed E-state index contributed by atoms with van der Waals surface area (Å²) in [6.45, 7) is 0. The minimum atomic E-state index is -1.06. The van der Waals surface area contributed by atoms with Crippen molar-refractivity contribution in [3.05, 3.63) is 34.6 Å². The first-order valence-corrected chi connectivity index (χ1v) is 6.79. The van der Waals surface area contributed by atoms with Crippen LogP contribution in [0.25, 0.3) is 11.3 Å². The number of nitrogens with zero attached hydrogens (tertiary/aromatic N) is 2. The van der Waals surface area contributed by atoms with Crippen LogP contribution >= 0.6 is 11.6 Å². The molecule has 1 heterocycles. The van der Waals surface area contributed by atoms with Gasteiger partial charge in [-0.1, -0.05) is 11.6 Å². The fourth-order valence-corrected chi connectivity index (χ4v) is 2.03. The van der Waals surface area contributed by atoms with Crippen LogP contribution < -0.4 is 15.2 Å². The molecule has 1 aromatic carbocycles. The van der Waals surface area contributed by atoms with E-state index >= 15 is 0 Å². The van der Waals surface area contributed by atoms with Crippen molar-refractivity contribution in [2.75, 3.05) is 20.0 Å². The summed E-state index contributed by atoms with van der Waals surface area (Å²) in [7, 11) is 2.34. The van der Waals surface area contributed by atoms with E-state index in [1.807, 2.05) is 6.07 Å². The van der Waals surface area contributed by atoms with E-state index in [1.54, 1.807) is 0 Å². The highest BCUT2D eigenvalue weighted by atomic mass is 35.5. The molecule has 0 unspecified atom stereocenters. The van der Waals surface area contributed by atoms with E-state index in [2.05, 4.69) is 9.72 Å². The Morgan fingerprint density at radius 3 is 2.71 bits per heavy atom. The van der Waals surface area contributed by atoms with E-state index in [0.29, 0.717) is 0 Å². The third-order valence-corrected chi connectivity index (χ3v) is 3.38. The van der Waals surface area contributed by atoms with Gasteiger partial charge in [0.15, 0.2) is 11.6 Å². The third kappa shape index (κ3) is 3.16. The van der Waals surface area contributed by atoms with Gasteiger partial charge in [0.2, 0.25) is 5.88 Å². The Kier molecular flexibility index (Phi) is 5.06. The molecule has 0 aliphatic rings. The van der Waals surface area contributed by atoms with Gasteiger partial charge in [-0.05, 0) is 18.2 Å². The van der Waals surface area contributed by atoms with Gasteiger partial charge in [-0.15, -0.1) is 0 Å². The second kappa shape index (κ2) is 7.02. The van der Waals surface area contributed by atoms with Gasteiger partial charge in [0.05, 0.1) is 31.2 Å². The van der Waals surface area contributed by atoms with Gasteiger partial charge < -0.3 is 19.9 Å². The molecule has 0 radical (unpaired) electrons. The number of anilines is 1. The summed E-state index contributed by atoms with van der Waals surface area (Å²) in [4.78, 5) is 15.2. The molecule has 0 saturated heterocycles. The first-order chi connectivity index (χ1) is 11.4. The van der Waals surface area contributed by atoms with Crippen LogP contribution in [0.1, 0.15) is 5.56 Å². The monoisotopic (exact) mass is 351 g/mol. The minimum absolute atomic E-state index is 0.0102. The molecule has 24 heavy (non-hydrogen) atoms. The van der Waals surface area contributed by atoms with Crippen LogP contribution in [0.3, 0.4) is 0 Å². The maximum atomic E-state index is 14.6. The Hall–Kier alpha value is -3.05. The smallest absolute Gasteiger partial charge is 0.492 e. The molecule has 124 valence electrons. The molecule has 2 N–H and O–H groups in total. The minimum Gasteiger partial charge on any atom is -0.492 e. The van der Waals surface area contributed by atoms with Crippen LogP contribution in [0.2, 0.25) is 5.02 Å². The number of halogens is 2. The molecule has 0 aliphatic carbocycles. The number of pyridine rings is 1. The van der Waals surface area contributed by atoms with E-state index in [9.17, 15) is 9.18 Å². The number of benzene rings is 1. The van der Waals surface area contributed by atoms with Crippen molar-refractivity contribution in [2.45, 2.75) is 0 Å². The van der Waals surface area contributed by atoms with Gasteiger partial charge in [-0.3, -0.25) is 0 Å². The highest BCUT2D eigenvalue weighted by molar-refractivity contribution is 6.34. The Bertz CT molecular complexity index is 852. The summed E-state index contributed by atoms with van der Waals surface area (Å²) in [5, 5.41) is 8.85. The molecule has 2 rings (SSSR count). The Morgan fingerprint density at radius 1 is 1.42 bits per heavy atom. The van der Waals surface area contributed by atoms with Crippen LogP contribution in [0.5, 0.6) is 11.6 Å². The van der Waals surface area contributed by atoms with E-state index in [1.165, 1.54) is 25.3 Å². The van der Waals surface area contributed by atoms with Crippen molar-refractivity contribution < 1.29 is 23.4 Å². The Balaban J connectivity index is 2.62. The molecule has 7 nitrogen and oxygen atoms in total. The molecule has 2 aromatic rings. The number of nitriles is 1. The van der Waals surface area contributed by atoms with E-state index in [4.69, 9.17) is 32.1 Å². The first kappa shape index (κ1) is 17.3. The molecule has 1 aromatic heterocycles. The number of carbonyl (C=O) groups is 1. The standard InChI is InChI=1S/C15H11ClFN3O4/c1-22-13-7(6-18)3-4-8(12(13)17)10-5-9(19)11(16)14(20-10)24-15(21)23-2/h3-5H,1-2H3,(H2,19,20). The van der Waals surface area contributed by atoms with Crippen molar-refractivity contribution in [1.29, 1.82) is 5.26 Å². The first-order valence-electron chi connectivity index (χ1n) is 6.41. The molecule has 0 atom stereocenters. The normalized spacial score (nSPS) is 9.96. The number of hydrogen-bond donors (Lipinski definition) is 1. The van der Waals surface area contributed by atoms with Crippen LogP contribution in [0, 0.1) is 17.1 Å². The lowest BCUT2D eigenvalue weighted by atomic mass is 10.1. The van der Waals surface area contributed by atoms with Crippen LogP contribution in [0.4, 0.5) is 14.9 Å². The summed E-state index contributed by atoms with van der Waals surface area (Å²) in [6.07, 6.45) is -1.06. The van der Waals surface area contributed by atoms with Crippen molar-refractivity contribution in [2.24, 2.45) is 0 Å². The quantitative estimate of drug-likeness (QED) is 0.846. The number of aromatic nitrogens is 1. The van der Waals surface area contributed by atoms with Crippen LogP contribution in [0.15, 0.2) is 18.2 Å². The second-order valence-corrected chi connectivity index (χ2v) is 4.77. The Morgan fingerprint density at radius 2 is 2.12 bits per heavy atom. The number of carbonyl (C=O) groups excluding carboxylic acids is 1.